The minimum Gasteiger partial charge on any atom is -0.376 e. The lowest BCUT2D eigenvalue weighted by Crippen LogP contribution is -2.31. The van der Waals surface area contributed by atoms with Crippen molar-refractivity contribution in [2.45, 2.75) is 71.8 Å². The van der Waals surface area contributed by atoms with E-state index in [2.05, 4.69) is 27.7 Å². The molecule has 0 aromatic heterocycles. The highest BCUT2D eigenvalue weighted by atomic mass is 16.5. The van der Waals surface area contributed by atoms with E-state index in [1.165, 1.54) is 38.5 Å². The van der Waals surface area contributed by atoms with Gasteiger partial charge in [0.05, 0.1) is 5.60 Å². The Morgan fingerprint density at radius 3 is 2.53 bits per heavy atom. The quantitative estimate of drug-likeness (QED) is 0.673. The maximum atomic E-state index is 5.93. The van der Waals surface area contributed by atoms with Crippen LogP contribution in [0.4, 0.5) is 0 Å². The van der Waals surface area contributed by atoms with E-state index in [-0.39, 0.29) is 5.60 Å². The Morgan fingerprint density at radius 1 is 1.20 bits per heavy atom. The highest BCUT2D eigenvalue weighted by Gasteiger charge is 2.28. The average molecular weight is 212 g/mol. The lowest BCUT2D eigenvalue weighted by Gasteiger charge is -2.34. The van der Waals surface area contributed by atoms with Gasteiger partial charge in [0, 0.05) is 6.61 Å². The third-order valence-electron chi connectivity index (χ3n) is 4.01. The Kier molecular flexibility index (Phi) is 5.11. The van der Waals surface area contributed by atoms with E-state index in [9.17, 15) is 0 Å². The minimum absolute atomic E-state index is 0.169. The number of ether oxygens (including phenoxy) is 1. The molecule has 0 aromatic carbocycles. The number of hydrogen-bond donors (Lipinski definition) is 0. The van der Waals surface area contributed by atoms with E-state index >= 15 is 0 Å². The molecule has 2 unspecified atom stereocenters. The zero-order valence-corrected chi connectivity index (χ0v) is 11.0. The average Bonchev–Trinajstić information content (AvgIpc) is 2.13. The third-order valence-corrected chi connectivity index (χ3v) is 4.01. The molecule has 0 amide bonds. The Hall–Kier alpha value is -0.0400. The van der Waals surface area contributed by atoms with Crippen molar-refractivity contribution >= 4 is 0 Å². The first-order chi connectivity index (χ1) is 7.07. The largest absolute Gasteiger partial charge is 0.376 e. The molecule has 0 radical (unpaired) electrons. The van der Waals surface area contributed by atoms with Crippen LogP contribution in [0.25, 0.3) is 0 Å². The molecule has 1 nitrogen and oxygen atoms in total. The van der Waals surface area contributed by atoms with Crippen LogP contribution in [-0.2, 0) is 4.74 Å². The van der Waals surface area contributed by atoms with E-state index in [0.717, 1.165) is 18.4 Å². The van der Waals surface area contributed by atoms with Gasteiger partial charge in [0.2, 0.25) is 0 Å². The van der Waals surface area contributed by atoms with Crippen molar-refractivity contribution in [3.8, 4) is 0 Å². The summed E-state index contributed by atoms with van der Waals surface area (Å²) in [4.78, 5) is 0. The van der Waals surface area contributed by atoms with E-state index < -0.39 is 0 Å². The van der Waals surface area contributed by atoms with Gasteiger partial charge >= 0.3 is 0 Å². The fourth-order valence-corrected chi connectivity index (χ4v) is 2.82. The molecule has 0 aromatic rings. The van der Waals surface area contributed by atoms with Crippen LogP contribution in [0.2, 0.25) is 0 Å². The van der Waals surface area contributed by atoms with Crippen LogP contribution >= 0.6 is 0 Å². The highest BCUT2D eigenvalue weighted by Crippen LogP contribution is 2.34. The molecule has 0 spiro atoms. The summed E-state index contributed by atoms with van der Waals surface area (Å²) in [6, 6.07) is 0. The maximum absolute atomic E-state index is 5.93. The summed E-state index contributed by atoms with van der Waals surface area (Å²) < 4.78 is 5.93. The van der Waals surface area contributed by atoms with Gasteiger partial charge in [-0.1, -0.05) is 33.1 Å². The summed E-state index contributed by atoms with van der Waals surface area (Å²) in [5.41, 5.74) is 0.169. The normalized spacial score (nSPS) is 33.8. The molecule has 1 fully saturated rings. The van der Waals surface area contributed by atoms with Crippen molar-refractivity contribution in [1.29, 1.82) is 0 Å². The third kappa shape index (κ3) is 4.14. The second kappa shape index (κ2) is 5.89. The molecule has 1 aliphatic rings. The summed E-state index contributed by atoms with van der Waals surface area (Å²) in [5.74, 6) is 1.76. The molecule has 1 rings (SSSR count). The maximum Gasteiger partial charge on any atom is 0.0654 e. The van der Waals surface area contributed by atoms with Crippen molar-refractivity contribution in [1.82, 2.24) is 0 Å². The Bertz CT molecular complexity index is 176. The van der Waals surface area contributed by atoms with Gasteiger partial charge in [-0.15, -0.1) is 0 Å². The summed E-state index contributed by atoms with van der Waals surface area (Å²) in [7, 11) is 0. The molecule has 0 aliphatic heterocycles. The topological polar surface area (TPSA) is 9.23 Å². The number of hydrogen-bond acceptors (Lipinski definition) is 1. The molecule has 0 N–H and O–H groups in total. The van der Waals surface area contributed by atoms with Crippen LogP contribution in [0, 0.1) is 11.8 Å². The monoisotopic (exact) mass is 212 g/mol. The standard InChI is InChI=1S/C14H28O/c1-5-15-14(4)10-7-6-8-13(9-11-14)12(2)3/h12-13H,5-11H2,1-4H3. The lowest BCUT2D eigenvalue weighted by molar-refractivity contribution is -0.0478. The zero-order chi connectivity index (χ0) is 11.3. The van der Waals surface area contributed by atoms with Gasteiger partial charge in [-0.05, 0) is 44.9 Å². The molecule has 1 saturated carbocycles. The van der Waals surface area contributed by atoms with E-state index in [4.69, 9.17) is 4.74 Å². The Labute approximate surface area is 95.6 Å². The van der Waals surface area contributed by atoms with Crippen molar-refractivity contribution < 1.29 is 4.74 Å². The van der Waals surface area contributed by atoms with Crippen LogP contribution in [-0.4, -0.2) is 12.2 Å². The fourth-order valence-electron chi connectivity index (χ4n) is 2.82. The van der Waals surface area contributed by atoms with Crippen LogP contribution < -0.4 is 0 Å². The zero-order valence-electron chi connectivity index (χ0n) is 11.0. The second-order valence-corrected chi connectivity index (χ2v) is 5.67. The summed E-state index contributed by atoms with van der Waals surface area (Å²) >= 11 is 0. The lowest BCUT2D eigenvalue weighted by atomic mass is 9.79. The second-order valence-electron chi connectivity index (χ2n) is 5.67. The molecule has 0 bridgehead atoms. The van der Waals surface area contributed by atoms with Crippen molar-refractivity contribution in [2.75, 3.05) is 6.61 Å². The summed E-state index contributed by atoms with van der Waals surface area (Å²) in [6.07, 6.45) is 8.04. The molecule has 1 heteroatoms. The van der Waals surface area contributed by atoms with Gasteiger partial charge in [0.1, 0.15) is 0 Å². The SMILES string of the molecule is CCOC1(C)CCCCC(C(C)C)CC1. The predicted molar refractivity (Wildman–Crippen MR) is 66.1 cm³/mol. The van der Waals surface area contributed by atoms with E-state index in [0.29, 0.717) is 0 Å². The smallest absolute Gasteiger partial charge is 0.0654 e. The number of rotatable bonds is 3. The molecule has 1 aliphatic carbocycles. The van der Waals surface area contributed by atoms with Crippen molar-refractivity contribution in [3.63, 3.8) is 0 Å². The van der Waals surface area contributed by atoms with Gasteiger partial charge in [0.25, 0.3) is 0 Å². The van der Waals surface area contributed by atoms with Crippen LogP contribution in [0.5, 0.6) is 0 Å². The molecule has 0 saturated heterocycles. The highest BCUT2D eigenvalue weighted by molar-refractivity contribution is 4.80. The summed E-state index contributed by atoms with van der Waals surface area (Å²) in [6.45, 7) is 10.0. The van der Waals surface area contributed by atoms with Crippen molar-refractivity contribution in [2.24, 2.45) is 11.8 Å². The first-order valence-corrected chi connectivity index (χ1v) is 6.71. The Balaban J connectivity index is 2.50. The first-order valence-electron chi connectivity index (χ1n) is 6.71. The predicted octanol–water partition coefficient (Wildman–Crippen LogP) is 4.41. The van der Waals surface area contributed by atoms with Gasteiger partial charge < -0.3 is 4.74 Å². The molecular weight excluding hydrogens is 184 g/mol. The van der Waals surface area contributed by atoms with Crippen molar-refractivity contribution in [3.05, 3.63) is 0 Å². The van der Waals surface area contributed by atoms with Gasteiger partial charge in [-0.3, -0.25) is 0 Å². The van der Waals surface area contributed by atoms with Gasteiger partial charge in [-0.25, -0.2) is 0 Å². The van der Waals surface area contributed by atoms with Crippen LogP contribution in [0.15, 0.2) is 0 Å². The van der Waals surface area contributed by atoms with Crippen LogP contribution in [0.3, 0.4) is 0 Å². The van der Waals surface area contributed by atoms with Gasteiger partial charge in [-0.2, -0.15) is 0 Å². The molecule has 15 heavy (non-hydrogen) atoms. The van der Waals surface area contributed by atoms with E-state index in [1.54, 1.807) is 0 Å². The minimum atomic E-state index is 0.169. The molecule has 2 atom stereocenters. The van der Waals surface area contributed by atoms with E-state index in [1.807, 2.05) is 0 Å². The van der Waals surface area contributed by atoms with Crippen LogP contribution in [0.1, 0.15) is 66.2 Å². The first kappa shape index (κ1) is 13.0. The Morgan fingerprint density at radius 2 is 1.93 bits per heavy atom. The molecule has 90 valence electrons. The van der Waals surface area contributed by atoms with Gasteiger partial charge in [0.15, 0.2) is 0 Å². The molecular formula is C14H28O. The summed E-state index contributed by atoms with van der Waals surface area (Å²) in [5, 5.41) is 0. The fraction of sp³-hybridized carbons (Fsp3) is 1.00. The molecule has 0 heterocycles.